The van der Waals surface area contributed by atoms with Gasteiger partial charge in [-0.2, -0.15) is 0 Å². The number of benzene rings is 1. The molecule has 0 fully saturated rings. The fourth-order valence-corrected chi connectivity index (χ4v) is 4.73. The molecular formula is C16H27O3P. The summed E-state index contributed by atoms with van der Waals surface area (Å²) in [6.07, 6.45) is 1.14. The van der Waals surface area contributed by atoms with Gasteiger partial charge < -0.3 is 9.05 Å². The Kier molecular flexibility index (Phi) is 6.94. The van der Waals surface area contributed by atoms with Gasteiger partial charge in [0.25, 0.3) is 0 Å². The lowest BCUT2D eigenvalue weighted by molar-refractivity contribution is 0.141. The first-order valence-corrected chi connectivity index (χ1v) is 9.10. The molecule has 0 saturated heterocycles. The molecule has 4 heteroatoms. The van der Waals surface area contributed by atoms with Gasteiger partial charge in [-0.3, -0.25) is 4.57 Å². The fourth-order valence-electron chi connectivity index (χ4n) is 2.22. The van der Waals surface area contributed by atoms with E-state index in [1.54, 1.807) is 0 Å². The van der Waals surface area contributed by atoms with Crippen LogP contribution in [0.2, 0.25) is 0 Å². The van der Waals surface area contributed by atoms with E-state index < -0.39 is 7.60 Å². The summed E-state index contributed by atoms with van der Waals surface area (Å²) in [7, 11) is -3.07. The van der Waals surface area contributed by atoms with Crippen LogP contribution in [-0.2, 0) is 13.6 Å². The van der Waals surface area contributed by atoms with Gasteiger partial charge in [0.05, 0.1) is 18.4 Å². The number of hydrogen-bond acceptors (Lipinski definition) is 3. The monoisotopic (exact) mass is 298 g/mol. The van der Waals surface area contributed by atoms with Gasteiger partial charge in [-0.15, -0.1) is 0 Å². The van der Waals surface area contributed by atoms with E-state index in [2.05, 4.69) is 19.1 Å². The Bertz CT molecular complexity index is 415. The van der Waals surface area contributed by atoms with Crippen molar-refractivity contribution < 1.29 is 13.6 Å². The molecule has 0 aliphatic heterocycles. The van der Waals surface area contributed by atoms with E-state index in [4.69, 9.17) is 9.05 Å². The van der Waals surface area contributed by atoms with Crippen LogP contribution in [0.1, 0.15) is 52.5 Å². The number of rotatable bonds is 8. The normalized spacial score (nSPS) is 13.9. The average molecular weight is 298 g/mol. The van der Waals surface area contributed by atoms with Crippen molar-refractivity contribution in [3.63, 3.8) is 0 Å². The first-order chi connectivity index (χ1) is 9.36. The standard InChI is InChI=1S/C16H27O3P/c1-6-15(16-10-8-7-9-11-16)12-20(17,18-13(2)3)19-14(4)5/h7-11,13-15H,6,12H2,1-5H3/t15-/m1/s1. The Morgan fingerprint density at radius 3 is 1.90 bits per heavy atom. The van der Waals surface area contributed by atoms with Crippen molar-refractivity contribution >= 4 is 7.60 Å². The summed E-state index contributed by atoms with van der Waals surface area (Å²) in [5.41, 5.74) is 1.19. The van der Waals surface area contributed by atoms with E-state index in [1.165, 1.54) is 5.56 Å². The van der Waals surface area contributed by atoms with Crippen molar-refractivity contribution in [2.24, 2.45) is 0 Å². The molecule has 0 amide bonds. The van der Waals surface area contributed by atoms with Gasteiger partial charge in [-0.05, 0) is 45.6 Å². The maximum Gasteiger partial charge on any atom is 0.331 e. The molecule has 20 heavy (non-hydrogen) atoms. The molecule has 0 heterocycles. The smallest absolute Gasteiger partial charge is 0.306 e. The maximum atomic E-state index is 12.9. The molecule has 0 aliphatic rings. The lowest BCUT2D eigenvalue weighted by atomic mass is 9.99. The Morgan fingerprint density at radius 2 is 1.50 bits per heavy atom. The van der Waals surface area contributed by atoms with Crippen LogP contribution in [0.4, 0.5) is 0 Å². The topological polar surface area (TPSA) is 35.5 Å². The third-order valence-electron chi connectivity index (χ3n) is 2.95. The van der Waals surface area contributed by atoms with Gasteiger partial charge in [0.15, 0.2) is 0 Å². The van der Waals surface area contributed by atoms with Crippen LogP contribution in [0.5, 0.6) is 0 Å². The molecule has 1 rings (SSSR count). The van der Waals surface area contributed by atoms with Crippen LogP contribution < -0.4 is 0 Å². The largest absolute Gasteiger partial charge is 0.331 e. The summed E-state index contributed by atoms with van der Waals surface area (Å²) in [5.74, 6) is 0.194. The van der Waals surface area contributed by atoms with Crippen LogP contribution in [0.15, 0.2) is 30.3 Å². The SMILES string of the molecule is CC[C@H](CP(=O)(OC(C)C)OC(C)C)c1ccccc1. The Morgan fingerprint density at radius 1 is 1.00 bits per heavy atom. The highest BCUT2D eigenvalue weighted by Gasteiger charge is 2.31. The van der Waals surface area contributed by atoms with Crippen LogP contribution in [-0.4, -0.2) is 18.4 Å². The second-order valence-electron chi connectivity index (χ2n) is 5.62. The molecule has 0 radical (unpaired) electrons. The van der Waals surface area contributed by atoms with Gasteiger partial charge in [-0.25, -0.2) is 0 Å². The van der Waals surface area contributed by atoms with Gasteiger partial charge in [0, 0.05) is 0 Å². The van der Waals surface area contributed by atoms with Crippen molar-refractivity contribution in [3.05, 3.63) is 35.9 Å². The lowest BCUT2D eigenvalue weighted by Gasteiger charge is -2.26. The molecule has 0 aliphatic carbocycles. The molecule has 0 saturated carbocycles. The van der Waals surface area contributed by atoms with Crippen LogP contribution in [0, 0.1) is 0 Å². The zero-order valence-electron chi connectivity index (χ0n) is 13.2. The molecule has 114 valence electrons. The summed E-state index contributed by atoms with van der Waals surface area (Å²) in [5, 5.41) is 0. The Labute approximate surface area is 123 Å². The quantitative estimate of drug-likeness (QED) is 0.617. The lowest BCUT2D eigenvalue weighted by Crippen LogP contribution is -2.14. The van der Waals surface area contributed by atoms with Crippen LogP contribution >= 0.6 is 7.60 Å². The van der Waals surface area contributed by atoms with E-state index in [0.29, 0.717) is 6.16 Å². The van der Waals surface area contributed by atoms with E-state index in [-0.39, 0.29) is 18.1 Å². The minimum absolute atomic E-state index is 0.104. The van der Waals surface area contributed by atoms with Crippen LogP contribution in [0.25, 0.3) is 0 Å². The summed E-state index contributed by atoms with van der Waals surface area (Å²) in [4.78, 5) is 0. The second kappa shape index (κ2) is 7.97. The molecule has 1 atom stereocenters. The van der Waals surface area contributed by atoms with Gasteiger partial charge in [-0.1, -0.05) is 37.3 Å². The van der Waals surface area contributed by atoms with Gasteiger partial charge in [0.2, 0.25) is 0 Å². The fraction of sp³-hybridized carbons (Fsp3) is 0.625. The molecule has 0 N–H and O–H groups in total. The molecule has 0 unspecified atom stereocenters. The Balaban J connectivity index is 2.89. The Hall–Kier alpha value is -0.630. The van der Waals surface area contributed by atoms with E-state index in [9.17, 15) is 4.57 Å². The van der Waals surface area contributed by atoms with Crippen LogP contribution in [0.3, 0.4) is 0 Å². The summed E-state index contributed by atoms with van der Waals surface area (Å²) < 4.78 is 24.2. The number of hydrogen-bond donors (Lipinski definition) is 0. The second-order valence-corrected chi connectivity index (χ2v) is 7.63. The predicted molar refractivity (Wildman–Crippen MR) is 84.4 cm³/mol. The average Bonchev–Trinajstić information content (AvgIpc) is 2.35. The van der Waals surface area contributed by atoms with E-state index >= 15 is 0 Å². The minimum Gasteiger partial charge on any atom is -0.306 e. The van der Waals surface area contributed by atoms with Gasteiger partial charge in [0.1, 0.15) is 0 Å². The third kappa shape index (κ3) is 5.78. The highest BCUT2D eigenvalue weighted by atomic mass is 31.2. The molecule has 1 aromatic carbocycles. The third-order valence-corrected chi connectivity index (χ3v) is 5.32. The summed E-state index contributed by atoms with van der Waals surface area (Å²) in [6.45, 7) is 9.66. The molecule has 0 bridgehead atoms. The summed E-state index contributed by atoms with van der Waals surface area (Å²) in [6, 6.07) is 10.2. The molecule has 0 spiro atoms. The minimum atomic E-state index is -3.07. The first-order valence-electron chi connectivity index (χ1n) is 7.37. The van der Waals surface area contributed by atoms with Crippen molar-refractivity contribution in [2.45, 2.75) is 59.2 Å². The maximum absolute atomic E-state index is 12.9. The first kappa shape index (κ1) is 17.4. The highest BCUT2D eigenvalue weighted by Crippen LogP contribution is 2.53. The van der Waals surface area contributed by atoms with E-state index in [1.807, 2.05) is 45.9 Å². The molecule has 0 aromatic heterocycles. The molecule has 3 nitrogen and oxygen atoms in total. The summed E-state index contributed by atoms with van der Waals surface area (Å²) >= 11 is 0. The molecule has 1 aromatic rings. The van der Waals surface area contributed by atoms with Crippen molar-refractivity contribution in [3.8, 4) is 0 Å². The predicted octanol–water partition coefficient (Wildman–Crippen LogP) is 5.22. The highest BCUT2D eigenvalue weighted by molar-refractivity contribution is 7.53. The van der Waals surface area contributed by atoms with Crippen molar-refractivity contribution in [2.75, 3.05) is 6.16 Å². The zero-order chi connectivity index (χ0) is 15.2. The van der Waals surface area contributed by atoms with E-state index in [0.717, 1.165) is 6.42 Å². The van der Waals surface area contributed by atoms with Crippen molar-refractivity contribution in [1.29, 1.82) is 0 Å². The van der Waals surface area contributed by atoms with Crippen molar-refractivity contribution in [1.82, 2.24) is 0 Å². The molecular weight excluding hydrogens is 271 g/mol. The zero-order valence-corrected chi connectivity index (χ0v) is 14.1. The van der Waals surface area contributed by atoms with Gasteiger partial charge >= 0.3 is 7.60 Å².